The van der Waals surface area contributed by atoms with Gasteiger partial charge in [-0.15, -0.1) is 0 Å². The molecule has 1 aromatic heterocycles. The molecule has 1 aliphatic heterocycles. The fourth-order valence-electron chi connectivity index (χ4n) is 4.04. The third-order valence-electron chi connectivity index (χ3n) is 6.06. The molecule has 0 fully saturated rings. The predicted octanol–water partition coefficient (Wildman–Crippen LogP) is 3.40. The molecule has 36 heavy (non-hydrogen) atoms. The van der Waals surface area contributed by atoms with E-state index < -0.39 is 6.09 Å². The van der Waals surface area contributed by atoms with E-state index in [0.717, 1.165) is 35.4 Å². The minimum atomic E-state index is -0.931. The normalized spacial score (nSPS) is 13.2. The van der Waals surface area contributed by atoms with Crippen LogP contribution in [0.1, 0.15) is 27.9 Å². The summed E-state index contributed by atoms with van der Waals surface area (Å²) in [5.41, 5.74) is 3.06. The number of carbonyl (C=O) groups excluding carboxylic acids is 1. The molecular weight excluding hydrogens is 462 g/mol. The summed E-state index contributed by atoms with van der Waals surface area (Å²) in [6, 6.07) is 15.0. The molecule has 3 aromatic rings. The summed E-state index contributed by atoms with van der Waals surface area (Å²) in [7, 11) is 3.38. The smallest absolute Gasteiger partial charge is 0.407 e. The molecule has 2 N–H and O–H groups in total. The van der Waals surface area contributed by atoms with Gasteiger partial charge in [0, 0.05) is 45.6 Å². The fraction of sp³-hybridized carbons (Fsp3) is 0.308. The van der Waals surface area contributed by atoms with Gasteiger partial charge in [-0.2, -0.15) is 4.98 Å². The first-order valence-electron chi connectivity index (χ1n) is 11.7. The maximum atomic E-state index is 13.3. The molecule has 0 bridgehead atoms. The number of rotatable bonds is 8. The number of amides is 2. The third-order valence-corrected chi connectivity index (χ3v) is 6.06. The van der Waals surface area contributed by atoms with Crippen LogP contribution < -0.4 is 14.5 Å². The van der Waals surface area contributed by atoms with Gasteiger partial charge in [-0.1, -0.05) is 24.3 Å². The highest BCUT2D eigenvalue weighted by Gasteiger charge is 2.28. The van der Waals surface area contributed by atoms with Crippen LogP contribution >= 0.6 is 0 Å². The number of carboxylic acid groups (broad SMARTS) is 1. The monoisotopic (exact) mass is 491 g/mol. The van der Waals surface area contributed by atoms with Crippen LogP contribution in [0, 0.1) is 0 Å². The summed E-state index contributed by atoms with van der Waals surface area (Å²) in [4.78, 5) is 36.8. The second-order valence-electron chi connectivity index (χ2n) is 8.70. The first-order chi connectivity index (χ1) is 17.3. The Hall–Kier alpha value is -4.34. The van der Waals surface area contributed by atoms with Crippen molar-refractivity contribution < 1.29 is 24.5 Å². The number of aromatic hydroxyl groups is 1. The topological polar surface area (TPSA) is 119 Å². The number of hydrogen-bond donors (Lipinski definition) is 2. The Bertz CT molecular complexity index is 1250. The molecule has 1 aliphatic rings. The molecule has 0 unspecified atom stereocenters. The van der Waals surface area contributed by atoms with E-state index in [1.54, 1.807) is 11.9 Å². The van der Waals surface area contributed by atoms with Crippen molar-refractivity contribution >= 4 is 23.5 Å². The zero-order chi connectivity index (χ0) is 25.7. The van der Waals surface area contributed by atoms with Crippen LogP contribution in [0.2, 0.25) is 0 Å². The van der Waals surface area contributed by atoms with Crippen LogP contribution in [0.3, 0.4) is 0 Å². The quantitative estimate of drug-likeness (QED) is 0.492. The molecule has 0 atom stereocenters. The largest absolute Gasteiger partial charge is 0.489 e. The van der Waals surface area contributed by atoms with Crippen LogP contribution in [0.4, 0.5) is 16.3 Å². The van der Waals surface area contributed by atoms with Crippen LogP contribution in [0.15, 0.2) is 54.7 Å². The molecule has 0 aliphatic carbocycles. The molecule has 4 rings (SSSR count). The fourth-order valence-corrected chi connectivity index (χ4v) is 4.04. The molecule has 10 heteroatoms. The summed E-state index contributed by atoms with van der Waals surface area (Å²) in [5.74, 6) is 0.903. The number of aryl methyl sites for hydroxylation is 1. The zero-order valence-electron chi connectivity index (χ0n) is 20.3. The predicted molar refractivity (Wildman–Crippen MR) is 135 cm³/mol. The molecule has 0 radical (unpaired) electrons. The lowest BCUT2D eigenvalue weighted by Crippen LogP contribution is -2.33. The van der Waals surface area contributed by atoms with Crippen molar-refractivity contribution in [3.63, 3.8) is 0 Å². The number of fused-ring (bicyclic) bond motifs is 1. The summed E-state index contributed by atoms with van der Waals surface area (Å²) < 4.78 is 6.01. The van der Waals surface area contributed by atoms with E-state index in [1.807, 2.05) is 60.5 Å². The summed E-state index contributed by atoms with van der Waals surface area (Å²) >= 11 is 0. The maximum Gasteiger partial charge on any atom is 0.407 e. The van der Waals surface area contributed by atoms with Gasteiger partial charge in [0.15, 0.2) is 0 Å². The number of carbonyl (C=O) groups is 2. The molecular formula is C26H29N5O5. The summed E-state index contributed by atoms with van der Waals surface area (Å²) in [6.07, 6.45) is 1.90. The van der Waals surface area contributed by atoms with Crippen LogP contribution in [0.5, 0.6) is 11.8 Å². The first kappa shape index (κ1) is 24.8. The van der Waals surface area contributed by atoms with E-state index in [0.29, 0.717) is 37.6 Å². The van der Waals surface area contributed by atoms with Crippen molar-refractivity contribution in [2.24, 2.45) is 0 Å². The van der Waals surface area contributed by atoms with Gasteiger partial charge in [-0.3, -0.25) is 4.79 Å². The van der Waals surface area contributed by atoms with Gasteiger partial charge in [0.05, 0.1) is 0 Å². The Kier molecular flexibility index (Phi) is 7.53. The molecule has 0 saturated heterocycles. The van der Waals surface area contributed by atoms with E-state index in [-0.39, 0.29) is 11.9 Å². The molecule has 2 aromatic carbocycles. The lowest BCUT2D eigenvalue weighted by atomic mass is 10.1. The van der Waals surface area contributed by atoms with Crippen molar-refractivity contribution in [2.45, 2.75) is 19.4 Å². The van der Waals surface area contributed by atoms with Crippen molar-refractivity contribution in [1.82, 2.24) is 14.9 Å². The van der Waals surface area contributed by atoms with E-state index in [4.69, 9.17) is 9.84 Å². The number of likely N-dealkylation sites (N-methyl/N-ethyl adjacent to an activating group) is 1. The highest BCUT2D eigenvalue weighted by atomic mass is 16.5. The highest BCUT2D eigenvalue weighted by molar-refractivity contribution is 6.09. The van der Waals surface area contributed by atoms with Gasteiger partial charge in [-0.05, 0) is 48.2 Å². The number of ether oxygens (including phenoxy) is 1. The molecule has 10 nitrogen and oxygen atoms in total. The average molecular weight is 492 g/mol. The van der Waals surface area contributed by atoms with Crippen LogP contribution in [0.25, 0.3) is 0 Å². The highest BCUT2D eigenvalue weighted by Crippen LogP contribution is 2.27. The van der Waals surface area contributed by atoms with Crippen molar-refractivity contribution in [3.8, 4) is 11.8 Å². The number of nitrogens with zero attached hydrogens (tertiary/aromatic N) is 5. The van der Waals surface area contributed by atoms with E-state index >= 15 is 0 Å². The van der Waals surface area contributed by atoms with E-state index in [2.05, 4.69) is 9.97 Å². The van der Waals surface area contributed by atoms with E-state index in [1.165, 1.54) is 11.1 Å². The number of aromatic nitrogens is 2. The second kappa shape index (κ2) is 10.9. The first-order valence-corrected chi connectivity index (χ1v) is 11.7. The zero-order valence-corrected chi connectivity index (χ0v) is 20.3. The lowest BCUT2D eigenvalue weighted by molar-refractivity contribution is 0.0989. The standard InChI is InChI=1S/C26H29N5O5/c1-29-12-13-31(24(32)22-16-27-25(33)28-23(22)29)20-9-3-7-19(14-20)17-36-21-10-4-6-18(15-21)8-5-11-30(2)26(34)35/h3-4,6-7,9-10,14-16H,5,8,11-13,17H2,1-2H3,(H,34,35)(H,27,28,33). The van der Waals surface area contributed by atoms with Gasteiger partial charge in [0.2, 0.25) is 0 Å². The van der Waals surface area contributed by atoms with Crippen LogP contribution in [-0.2, 0) is 13.0 Å². The SMILES string of the molecule is CN(CCCc1cccc(OCc2cccc(N3CCN(C)c4nc(O)ncc4C3=O)c2)c1)C(=O)O. The van der Waals surface area contributed by atoms with Crippen molar-refractivity contribution in [1.29, 1.82) is 0 Å². The Labute approximate surface area is 209 Å². The van der Waals surface area contributed by atoms with Crippen molar-refractivity contribution in [3.05, 3.63) is 71.4 Å². The molecule has 0 spiro atoms. The Morgan fingerprint density at radius 3 is 2.72 bits per heavy atom. The van der Waals surface area contributed by atoms with Crippen LogP contribution in [-0.4, -0.2) is 70.8 Å². The number of benzene rings is 2. The Balaban J connectivity index is 1.42. The molecule has 2 heterocycles. The summed E-state index contributed by atoms with van der Waals surface area (Å²) in [6.45, 7) is 1.80. The van der Waals surface area contributed by atoms with E-state index in [9.17, 15) is 14.7 Å². The number of anilines is 2. The van der Waals surface area contributed by atoms with Gasteiger partial charge in [0.25, 0.3) is 5.91 Å². The minimum Gasteiger partial charge on any atom is -0.489 e. The maximum absolute atomic E-state index is 13.3. The number of hydrogen-bond acceptors (Lipinski definition) is 7. The third kappa shape index (κ3) is 5.83. The Morgan fingerprint density at radius 2 is 1.92 bits per heavy atom. The minimum absolute atomic E-state index is 0.228. The average Bonchev–Trinajstić information content (AvgIpc) is 2.99. The van der Waals surface area contributed by atoms with Crippen molar-refractivity contribution in [2.75, 3.05) is 43.5 Å². The Morgan fingerprint density at radius 1 is 1.14 bits per heavy atom. The summed E-state index contributed by atoms with van der Waals surface area (Å²) in [5, 5.41) is 18.6. The molecule has 0 saturated carbocycles. The van der Waals surface area contributed by atoms with Gasteiger partial charge < -0.3 is 29.6 Å². The van der Waals surface area contributed by atoms with Gasteiger partial charge in [-0.25, -0.2) is 9.78 Å². The van der Waals surface area contributed by atoms with Gasteiger partial charge >= 0.3 is 12.1 Å². The van der Waals surface area contributed by atoms with Gasteiger partial charge in [0.1, 0.15) is 23.7 Å². The lowest BCUT2D eigenvalue weighted by Gasteiger charge is -2.22. The second-order valence-corrected chi connectivity index (χ2v) is 8.70. The molecule has 2 amide bonds. The molecule has 188 valence electrons.